The molecule has 2 nitrogen and oxygen atoms in total. The molecule has 2 heterocycles. The Morgan fingerprint density at radius 2 is 0.767 bits per heavy atom. The first-order valence-corrected chi connectivity index (χ1v) is 10.6. The van der Waals surface area contributed by atoms with Crippen molar-refractivity contribution in [1.29, 1.82) is 0 Å². The summed E-state index contributed by atoms with van der Waals surface area (Å²) in [4.78, 5) is 0. The van der Waals surface area contributed by atoms with Gasteiger partial charge in [0.25, 0.3) is 0 Å². The summed E-state index contributed by atoms with van der Waals surface area (Å²) < 4.78 is 4.77. The van der Waals surface area contributed by atoms with Crippen molar-refractivity contribution in [3.8, 4) is 11.1 Å². The second-order valence-electron chi connectivity index (χ2n) is 8.20. The van der Waals surface area contributed by atoms with E-state index in [1.54, 1.807) is 0 Å². The molecule has 4 aromatic rings. The van der Waals surface area contributed by atoms with E-state index in [2.05, 4.69) is 122 Å². The van der Waals surface area contributed by atoms with Gasteiger partial charge in [0.1, 0.15) is 0 Å². The normalized spacial score (nSPS) is 10.9. The first kappa shape index (κ1) is 20.0. The molecule has 30 heavy (non-hydrogen) atoms. The minimum atomic E-state index is 0.905. The summed E-state index contributed by atoms with van der Waals surface area (Å²) >= 11 is 0. The number of benzene rings is 2. The smallest absolute Gasteiger partial charge is 0.179 e. The SMILES string of the molecule is Cc1cc(-c2cc(C)[n+](Cc3ccccc3)c(C)c2)cc(C)[n+]1Cc1ccccc1. The maximum Gasteiger partial charge on any atom is 0.179 e. The van der Waals surface area contributed by atoms with Crippen LogP contribution < -0.4 is 9.13 Å². The number of pyridine rings is 2. The summed E-state index contributed by atoms with van der Waals surface area (Å²) in [7, 11) is 0. The van der Waals surface area contributed by atoms with Crippen LogP contribution in [-0.4, -0.2) is 0 Å². The number of hydrogen-bond donors (Lipinski definition) is 0. The van der Waals surface area contributed by atoms with E-state index in [1.165, 1.54) is 45.0 Å². The number of aromatic nitrogens is 2. The quantitative estimate of drug-likeness (QED) is 0.408. The van der Waals surface area contributed by atoms with Gasteiger partial charge in [0.05, 0.1) is 0 Å². The molecule has 0 saturated heterocycles. The summed E-state index contributed by atoms with van der Waals surface area (Å²) in [5, 5.41) is 0. The van der Waals surface area contributed by atoms with Gasteiger partial charge in [-0.2, -0.15) is 9.13 Å². The molecule has 0 bridgehead atoms. The van der Waals surface area contributed by atoms with Crippen LogP contribution in [0.5, 0.6) is 0 Å². The maximum atomic E-state index is 2.39. The highest BCUT2D eigenvalue weighted by Gasteiger charge is 2.18. The number of nitrogens with zero attached hydrogens (tertiary/aromatic N) is 2. The van der Waals surface area contributed by atoms with E-state index in [1.807, 2.05) is 0 Å². The maximum absolute atomic E-state index is 2.39. The Kier molecular flexibility index (Phi) is 5.76. The molecule has 0 unspecified atom stereocenters. The van der Waals surface area contributed by atoms with Gasteiger partial charge in [0.2, 0.25) is 0 Å². The first-order valence-electron chi connectivity index (χ1n) is 10.6. The van der Waals surface area contributed by atoms with Crippen LogP contribution in [0.1, 0.15) is 33.9 Å². The van der Waals surface area contributed by atoms with Gasteiger partial charge in [0.15, 0.2) is 35.9 Å². The fraction of sp³-hybridized carbons (Fsp3) is 0.214. The molecule has 0 aliphatic carbocycles. The number of aryl methyl sites for hydroxylation is 4. The fourth-order valence-electron chi connectivity index (χ4n) is 4.22. The zero-order valence-corrected chi connectivity index (χ0v) is 18.4. The Bertz CT molecular complexity index is 1020. The van der Waals surface area contributed by atoms with E-state index in [0.717, 1.165) is 13.1 Å². The molecule has 0 fully saturated rings. The lowest BCUT2D eigenvalue weighted by Crippen LogP contribution is -2.41. The van der Waals surface area contributed by atoms with Gasteiger partial charge in [-0.05, 0) is 11.1 Å². The molecule has 0 radical (unpaired) electrons. The van der Waals surface area contributed by atoms with Gasteiger partial charge in [-0.3, -0.25) is 0 Å². The molecule has 0 spiro atoms. The molecular weight excluding hydrogens is 364 g/mol. The van der Waals surface area contributed by atoms with Gasteiger partial charge >= 0.3 is 0 Å². The van der Waals surface area contributed by atoms with Crippen LogP contribution in [0.25, 0.3) is 11.1 Å². The Morgan fingerprint density at radius 1 is 0.467 bits per heavy atom. The van der Waals surface area contributed by atoms with Crippen LogP contribution in [0.4, 0.5) is 0 Å². The van der Waals surface area contributed by atoms with Crippen LogP contribution in [0.3, 0.4) is 0 Å². The van der Waals surface area contributed by atoms with Crippen LogP contribution >= 0.6 is 0 Å². The molecule has 4 rings (SSSR count). The summed E-state index contributed by atoms with van der Waals surface area (Å²) in [6.07, 6.45) is 0. The van der Waals surface area contributed by atoms with Crippen LogP contribution in [0.15, 0.2) is 84.9 Å². The Morgan fingerprint density at radius 3 is 1.07 bits per heavy atom. The topological polar surface area (TPSA) is 7.76 Å². The Labute approximate surface area is 180 Å². The third-order valence-electron chi connectivity index (χ3n) is 5.86. The molecule has 0 saturated carbocycles. The van der Waals surface area contributed by atoms with E-state index in [9.17, 15) is 0 Å². The minimum absolute atomic E-state index is 0.905. The van der Waals surface area contributed by atoms with Gasteiger partial charge in [-0.1, -0.05) is 60.7 Å². The van der Waals surface area contributed by atoms with E-state index >= 15 is 0 Å². The van der Waals surface area contributed by atoms with Crippen LogP contribution in [0.2, 0.25) is 0 Å². The van der Waals surface area contributed by atoms with Crippen molar-refractivity contribution >= 4 is 0 Å². The predicted molar refractivity (Wildman–Crippen MR) is 122 cm³/mol. The summed E-state index contributed by atoms with van der Waals surface area (Å²) in [6.45, 7) is 10.6. The zero-order valence-electron chi connectivity index (χ0n) is 18.4. The lowest BCUT2D eigenvalue weighted by molar-refractivity contribution is -0.700. The third kappa shape index (κ3) is 4.33. The standard InChI is InChI=1S/C28H30N2/c1-21-15-27(16-22(2)29(21)19-25-11-7-5-8-12-25)28-17-23(3)30(24(4)18-28)20-26-13-9-6-10-14-26/h5-18H,19-20H2,1-4H3/q+2. The molecule has 2 aromatic heterocycles. The molecule has 2 heteroatoms. The number of hydrogen-bond acceptors (Lipinski definition) is 0. The van der Waals surface area contributed by atoms with Gasteiger partial charge < -0.3 is 0 Å². The third-order valence-corrected chi connectivity index (χ3v) is 5.86. The molecule has 0 aliphatic heterocycles. The zero-order chi connectivity index (χ0) is 21.1. The van der Waals surface area contributed by atoms with E-state index < -0.39 is 0 Å². The average Bonchev–Trinajstić information content (AvgIpc) is 2.74. The minimum Gasteiger partial charge on any atom is -0.196 e. The fourth-order valence-corrected chi connectivity index (χ4v) is 4.22. The second kappa shape index (κ2) is 8.62. The largest absolute Gasteiger partial charge is 0.196 e. The highest BCUT2D eigenvalue weighted by molar-refractivity contribution is 5.63. The van der Waals surface area contributed by atoms with Crippen molar-refractivity contribution in [2.75, 3.05) is 0 Å². The number of rotatable bonds is 5. The monoisotopic (exact) mass is 394 g/mol. The van der Waals surface area contributed by atoms with Crippen molar-refractivity contribution in [2.24, 2.45) is 0 Å². The lowest BCUT2D eigenvalue weighted by atomic mass is 10.0. The lowest BCUT2D eigenvalue weighted by Gasteiger charge is -2.10. The molecule has 0 atom stereocenters. The van der Waals surface area contributed by atoms with E-state index in [0.29, 0.717) is 0 Å². The van der Waals surface area contributed by atoms with Crippen molar-refractivity contribution in [2.45, 2.75) is 40.8 Å². The van der Waals surface area contributed by atoms with Gasteiger partial charge in [-0.15, -0.1) is 0 Å². The van der Waals surface area contributed by atoms with Crippen molar-refractivity contribution in [3.63, 3.8) is 0 Å². The Hall–Kier alpha value is -3.26. The summed E-state index contributed by atoms with van der Waals surface area (Å²) in [5.41, 5.74) is 10.4. The second-order valence-corrected chi connectivity index (χ2v) is 8.20. The van der Waals surface area contributed by atoms with Gasteiger partial charge in [0, 0.05) is 63.1 Å². The average molecular weight is 395 g/mol. The highest BCUT2D eigenvalue weighted by Crippen LogP contribution is 2.22. The van der Waals surface area contributed by atoms with E-state index in [4.69, 9.17) is 0 Å². The van der Waals surface area contributed by atoms with E-state index in [-0.39, 0.29) is 0 Å². The highest BCUT2D eigenvalue weighted by atomic mass is 15.0. The first-order chi connectivity index (χ1) is 14.5. The Balaban J connectivity index is 1.65. The molecule has 0 aliphatic rings. The predicted octanol–water partition coefficient (Wildman–Crippen LogP) is 5.26. The van der Waals surface area contributed by atoms with Crippen molar-refractivity contribution < 1.29 is 9.13 Å². The van der Waals surface area contributed by atoms with Gasteiger partial charge in [-0.25, -0.2) is 0 Å². The molecule has 0 N–H and O–H groups in total. The molecular formula is C28H30N2+2. The van der Waals surface area contributed by atoms with Crippen LogP contribution in [0, 0.1) is 27.7 Å². The summed E-state index contributed by atoms with van der Waals surface area (Å²) in [6, 6.07) is 30.6. The molecule has 2 aromatic carbocycles. The molecule has 0 amide bonds. The van der Waals surface area contributed by atoms with Crippen LogP contribution in [-0.2, 0) is 13.1 Å². The summed E-state index contributed by atoms with van der Waals surface area (Å²) in [5.74, 6) is 0. The van der Waals surface area contributed by atoms with Crippen molar-refractivity contribution in [1.82, 2.24) is 0 Å². The molecule has 150 valence electrons. The van der Waals surface area contributed by atoms with Crippen molar-refractivity contribution in [3.05, 3.63) is 119 Å².